The van der Waals surface area contributed by atoms with Gasteiger partial charge in [0.1, 0.15) is 5.82 Å². The summed E-state index contributed by atoms with van der Waals surface area (Å²) in [6.45, 7) is 1.79. The number of imidazole rings is 1. The molecule has 1 fully saturated rings. The van der Waals surface area contributed by atoms with Gasteiger partial charge in [-0.05, 0) is 31.4 Å². The zero-order chi connectivity index (χ0) is 14.1. The number of hydrogen-bond acceptors (Lipinski definition) is 2. The summed E-state index contributed by atoms with van der Waals surface area (Å²) in [5, 5.41) is 0. The molecular weight excluding hydrogens is 253 g/mol. The van der Waals surface area contributed by atoms with Crippen molar-refractivity contribution >= 4 is 17.0 Å². The highest BCUT2D eigenvalue weighted by Gasteiger charge is 2.19. The predicted molar refractivity (Wildman–Crippen MR) is 80.2 cm³/mol. The molecule has 2 aromatic rings. The van der Waals surface area contributed by atoms with Crippen LogP contribution < -0.4 is 5.73 Å². The van der Waals surface area contributed by atoms with E-state index in [1.165, 1.54) is 38.2 Å². The third kappa shape index (κ3) is 2.39. The second-order valence-electron chi connectivity index (χ2n) is 5.93. The number of nitrogen functional groups attached to an aromatic ring is 1. The molecule has 0 radical (unpaired) electrons. The SMILES string of the molecule is Cc1cc2c(cc1F)nc(N)n2C1CCCCCCC1. The van der Waals surface area contributed by atoms with Gasteiger partial charge in [0.15, 0.2) is 0 Å². The van der Waals surface area contributed by atoms with Gasteiger partial charge >= 0.3 is 0 Å². The molecule has 0 amide bonds. The Kier molecular flexibility index (Phi) is 3.64. The molecule has 1 aliphatic carbocycles. The van der Waals surface area contributed by atoms with Gasteiger partial charge in [-0.2, -0.15) is 0 Å². The Hall–Kier alpha value is -1.58. The first-order valence-electron chi connectivity index (χ1n) is 7.60. The van der Waals surface area contributed by atoms with Crippen molar-refractivity contribution in [1.29, 1.82) is 0 Å². The van der Waals surface area contributed by atoms with Crippen molar-refractivity contribution in [2.45, 2.75) is 57.9 Å². The topological polar surface area (TPSA) is 43.8 Å². The summed E-state index contributed by atoms with van der Waals surface area (Å²) < 4.78 is 15.8. The van der Waals surface area contributed by atoms with Gasteiger partial charge in [0, 0.05) is 12.1 Å². The molecule has 3 nitrogen and oxygen atoms in total. The Morgan fingerprint density at radius 3 is 2.50 bits per heavy atom. The summed E-state index contributed by atoms with van der Waals surface area (Å²) in [7, 11) is 0. The Morgan fingerprint density at radius 1 is 1.15 bits per heavy atom. The van der Waals surface area contributed by atoms with Gasteiger partial charge < -0.3 is 10.3 Å². The molecule has 20 heavy (non-hydrogen) atoms. The number of rotatable bonds is 1. The van der Waals surface area contributed by atoms with Gasteiger partial charge in [0.25, 0.3) is 0 Å². The Morgan fingerprint density at radius 2 is 1.80 bits per heavy atom. The van der Waals surface area contributed by atoms with Crippen molar-refractivity contribution in [2.24, 2.45) is 0 Å². The van der Waals surface area contributed by atoms with Crippen LogP contribution in [-0.4, -0.2) is 9.55 Å². The van der Waals surface area contributed by atoms with Gasteiger partial charge in [0.2, 0.25) is 5.95 Å². The van der Waals surface area contributed by atoms with E-state index in [0.717, 1.165) is 18.4 Å². The molecule has 0 atom stereocenters. The Labute approximate surface area is 119 Å². The normalized spacial score (nSPS) is 18.1. The maximum absolute atomic E-state index is 13.7. The molecule has 0 saturated heterocycles. The highest BCUT2D eigenvalue weighted by atomic mass is 19.1. The van der Waals surface area contributed by atoms with E-state index in [9.17, 15) is 4.39 Å². The fourth-order valence-electron chi connectivity index (χ4n) is 3.32. The molecule has 0 bridgehead atoms. The minimum atomic E-state index is -0.209. The number of halogens is 1. The third-order valence-electron chi connectivity index (χ3n) is 4.44. The van der Waals surface area contributed by atoms with Crippen LogP contribution >= 0.6 is 0 Å². The van der Waals surface area contributed by atoms with Crippen molar-refractivity contribution in [2.75, 3.05) is 5.73 Å². The molecule has 4 heteroatoms. The van der Waals surface area contributed by atoms with Crippen molar-refractivity contribution in [3.05, 3.63) is 23.5 Å². The first-order valence-corrected chi connectivity index (χ1v) is 7.60. The number of aryl methyl sites for hydroxylation is 1. The second-order valence-corrected chi connectivity index (χ2v) is 5.93. The van der Waals surface area contributed by atoms with Crippen molar-refractivity contribution in [1.82, 2.24) is 9.55 Å². The fourth-order valence-corrected chi connectivity index (χ4v) is 3.32. The minimum Gasteiger partial charge on any atom is -0.369 e. The lowest BCUT2D eigenvalue weighted by Gasteiger charge is -2.23. The van der Waals surface area contributed by atoms with Gasteiger partial charge in [-0.3, -0.25) is 0 Å². The van der Waals surface area contributed by atoms with Crippen LogP contribution in [0, 0.1) is 12.7 Å². The first kappa shape index (κ1) is 13.4. The van der Waals surface area contributed by atoms with E-state index < -0.39 is 0 Å². The Bertz CT molecular complexity index is 610. The van der Waals surface area contributed by atoms with E-state index in [4.69, 9.17) is 5.73 Å². The van der Waals surface area contributed by atoms with Gasteiger partial charge in [0.05, 0.1) is 11.0 Å². The number of anilines is 1. The molecule has 1 heterocycles. The highest BCUT2D eigenvalue weighted by molar-refractivity contribution is 5.79. The van der Waals surface area contributed by atoms with E-state index in [-0.39, 0.29) is 5.82 Å². The minimum absolute atomic E-state index is 0.209. The van der Waals surface area contributed by atoms with Crippen LogP contribution in [0.25, 0.3) is 11.0 Å². The highest BCUT2D eigenvalue weighted by Crippen LogP contribution is 2.32. The largest absolute Gasteiger partial charge is 0.369 e. The number of benzene rings is 1. The van der Waals surface area contributed by atoms with Crippen LogP contribution in [0.3, 0.4) is 0 Å². The molecule has 0 aliphatic heterocycles. The van der Waals surface area contributed by atoms with Gasteiger partial charge in [-0.25, -0.2) is 9.37 Å². The summed E-state index contributed by atoms with van der Waals surface area (Å²) in [5.74, 6) is 0.315. The maximum atomic E-state index is 13.7. The Balaban J connectivity index is 2.04. The van der Waals surface area contributed by atoms with Crippen LogP contribution in [0.15, 0.2) is 12.1 Å². The number of nitrogens with zero attached hydrogens (tertiary/aromatic N) is 2. The van der Waals surface area contributed by atoms with E-state index in [1.54, 1.807) is 6.92 Å². The van der Waals surface area contributed by atoms with E-state index >= 15 is 0 Å². The number of aromatic nitrogens is 2. The lowest BCUT2D eigenvalue weighted by atomic mass is 9.96. The fraction of sp³-hybridized carbons (Fsp3) is 0.562. The summed E-state index contributed by atoms with van der Waals surface area (Å²) in [4.78, 5) is 4.35. The van der Waals surface area contributed by atoms with Crippen LogP contribution in [0.1, 0.15) is 56.6 Å². The summed E-state index contributed by atoms with van der Waals surface area (Å²) >= 11 is 0. The molecular formula is C16H22FN3. The van der Waals surface area contributed by atoms with Crippen molar-refractivity contribution in [3.63, 3.8) is 0 Å². The predicted octanol–water partition coefficient (Wildman–Crippen LogP) is 4.35. The summed E-state index contributed by atoms with van der Waals surface area (Å²) in [5.41, 5.74) is 8.41. The van der Waals surface area contributed by atoms with Crippen molar-refractivity contribution < 1.29 is 4.39 Å². The van der Waals surface area contributed by atoms with Crippen LogP contribution in [-0.2, 0) is 0 Å². The molecule has 2 N–H and O–H groups in total. The van der Waals surface area contributed by atoms with E-state index in [1.807, 2.05) is 6.07 Å². The van der Waals surface area contributed by atoms with E-state index in [0.29, 0.717) is 23.1 Å². The maximum Gasteiger partial charge on any atom is 0.201 e. The zero-order valence-electron chi connectivity index (χ0n) is 12.0. The molecule has 1 saturated carbocycles. The number of fused-ring (bicyclic) bond motifs is 1. The third-order valence-corrected chi connectivity index (χ3v) is 4.44. The van der Waals surface area contributed by atoms with Crippen molar-refractivity contribution in [3.8, 4) is 0 Å². The zero-order valence-corrected chi connectivity index (χ0v) is 12.0. The molecule has 108 valence electrons. The number of hydrogen-bond donors (Lipinski definition) is 1. The lowest BCUT2D eigenvalue weighted by Crippen LogP contribution is -2.13. The number of nitrogens with two attached hydrogens (primary N) is 1. The average molecular weight is 275 g/mol. The molecule has 1 aliphatic rings. The van der Waals surface area contributed by atoms with Gasteiger partial charge in [-0.15, -0.1) is 0 Å². The average Bonchev–Trinajstić information content (AvgIpc) is 2.66. The molecule has 1 aromatic carbocycles. The second kappa shape index (κ2) is 5.43. The van der Waals surface area contributed by atoms with E-state index in [2.05, 4.69) is 9.55 Å². The van der Waals surface area contributed by atoms with Crippen LogP contribution in [0.4, 0.5) is 10.3 Å². The monoisotopic (exact) mass is 275 g/mol. The van der Waals surface area contributed by atoms with Crippen LogP contribution in [0.5, 0.6) is 0 Å². The summed E-state index contributed by atoms with van der Waals surface area (Å²) in [6.07, 6.45) is 8.72. The quantitative estimate of drug-likeness (QED) is 0.840. The standard InChI is InChI=1S/C16H22FN3/c1-11-9-15-14(10-13(11)17)19-16(18)20(15)12-7-5-3-2-4-6-8-12/h9-10,12H,2-8H2,1H3,(H2,18,19). The first-order chi connectivity index (χ1) is 9.66. The molecule has 0 spiro atoms. The molecule has 1 aromatic heterocycles. The van der Waals surface area contributed by atoms with Crippen LogP contribution in [0.2, 0.25) is 0 Å². The molecule has 3 rings (SSSR count). The van der Waals surface area contributed by atoms with Gasteiger partial charge in [-0.1, -0.05) is 32.1 Å². The summed E-state index contributed by atoms with van der Waals surface area (Å²) in [6, 6.07) is 3.79. The lowest BCUT2D eigenvalue weighted by molar-refractivity contribution is 0.381. The molecule has 0 unspecified atom stereocenters. The smallest absolute Gasteiger partial charge is 0.201 e.